The van der Waals surface area contributed by atoms with Gasteiger partial charge in [0.1, 0.15) is 0 Å². The van der Waals surface area contributed by atoms with Crippen molar-refractivity contribution in [2.75, 3.05) is 0 Å². The van der Waals surface area contributed by atoms with Crippen LogP contribution in [-0.2, 0) is 6.42 Å². The summed E-state index contributed by atoms with van der Waals surface area (Å²) in [6, 6.07) is 21.0. The number of hydrogen-bond acceptors (Lipinski definition) is 2. The highest BCUT2D eigenvalue weighted by Gasteiger charge is 2.28. The molecule has 0 saturated carbocycles. The lowest BCUT2D eigenvalue weighted by Gasteiger charge is -2.25. The number of carbonyl (C=O) groups is 1. The Balaban J connectivity index is 1.48. The molecule has 0 radical (unpaired) electrons. The second-order valence-corrected chi connectivity index (χ2v) is 10.4. The molecule has 0 aliphatic heterocycles. The van der Waals surface area contributed by atoms with Crippen molar-refractivity contribution in [2.45, 2.75) is 18.6 Å². The molecular formula is C32H20Cl2F5NO2. The zero-order valence-corrected chi connectivity index (χ0v) is 23.0. The highest BCUT2D eigenvalue weighted by Crippen LogP contribution is 2.32. The second kappa shape index (κ2) is 12.1. The fraction of sp³-hybridized carbons (Fsp3) is 0.0938. The van der Waals surface area contributed by atoms with Gasteiger partial charge in [0, 0.05) is 21.0 Å². The largest absolute Gasteiger partial charge is 0.386 e. The Morgan fingerprint density at radius 2 is 1.33 bits per heavy atom. The van der Waals surface area contributed by atoms with Gasteiger partial charge in [-0.25, -0.2) is 22.0 Å². The fourth-order valence-corrected chi connectivity index (χ4v) is 5.24. The summed E-state index contributed by atoms with van der Waals surface area (Å²) >= 11 is 12.4. The van der Waals surface area contributed by atoms with Crippen LogP contribution in [0.2, 0.25) is 10.0 Å². The molecule has 5 aromatic carbocycles. The number of halogens is 7. The number of fused-ring (bicyclic) bond motifs is 1. The monoisotopic (exact) mass is 615 g/mol. The molecule has 10 heteroatoms. The van der Waals surface area contributed by atoms with Crippen LogP contribution in [0.3, 0.4) is 0 Å². The van der Waals surface area contributed by atoms with Gasteiger partial charge < -0.3 is 10.4 Å². The highest BCUT2D eigenvalue weighted by atomic mass is 35.5. The van der Waals surface area contributed by atoms with Crippen LogP contribution in [0.15, 0.2) is 84.9 Å². The molecule has 5 aromatic rings. The molecule has 2 unspecified atom stereocenters. The third kappa shape index (κ3) is 5.70. The van der Waals surface area contributed by atoms with E-state index < -0.39 is 52.7 Å². The average Bonchev–Trinajstić information content (AvgIpc) is 2.99. The lowest BCUT2D eigenvalue weighted by molar-refractivity contribution is 0.0834. The lowest BCUT2D eigenvalue weighted by atomic mass is 9.94. The maximum absolute atomic E-state index is 14.3. The second-order valence-electron chi connectivity index (χ2n) is 9.57. The molecule has 214 valence electrons. The number of hydrogen-bond donors (Lipinski definition) is 2. The molecule has 0 fully saturated rings. The maximum atomic E-state index is 14.3. The molecule has 3 nitrogen and oxygen atoms in total. The van der Waals surface area contributed by atoms with E-state index in [1.807, 2.05) is 0 Å². The van der Waals surface area contributed by atoms with E-state index in [0.29, 0.717) is 37.5 Å². The Hall–Kier alpha value is -3.98. The summed E-state index contributed by atoms with van der Waals surface area (Å²) in [6.45, 7) is 0. The van der Waals surface area contributed by atoms with Crippen LogP contribution in [0.4, 0.5) is 22.0 Å². The molecule has 0 heterocycles. The van der Waals surface area contributed by atoms with Crippen LogP contribution in [0, 0.1) is 29.1 Å². The van der Waals surface area contributed by atoms with Gasteiger partial charge in [0.05, 0.1) is 17.7 Å². The SMILES string of the molecule is O=C(NC(Cc1ccc(-c2c(F)c(F)c(F)c(F)c2F)cc1)C(O)c1cccc(Cl)c1)c1cccc2c(Cl)cccc12. The highest BCUT2D eigenvalue weighted by molar-refractivity contribution is 6.36. The molecule has 42 heavy (non-hydrogen) atoms. The van der Waals surface area contributed by atoms with E-state index in [9.17, 15) is 31.9 Å². The molecule has 0 spiro atoms. The van der Waals surface area contributed by atoms with Crippen LogP contribution >= 0.6 is 23.2 Å². The lowest BCUT2D eigenvalue weighted by Crippen LogP contribution is -2.41. The van der Waals surface area contributed by atoms with Gasteiger partial charge in [-0.1, -0.05) is 83.9 Å². The molecule has 0 bridgehead atoms. The molecule has 0 aromatic heterocycles. The molecule has 2 atom stereocenters. The predicted octanol–water partition coefficient (Wildman–Crippen LogP) is 8.58. The van der Waals surface area contributed by atoms with Crippen molar-refractivity contribution in [1.29, 1.82) is 0 Å². The van der Waals surface area contributed by atoms with Crippen LogP contribution in [-0.4, -0.2) is 17.1 Å². The Labute approximate surface area is 247 Å². The van der Waals surface area contributed by atoms with Crippen molar-refractivity contribution < 1.29 is 31.9 Å². The first kappa shape index (κ1) is 29.5. The van der Waals surface area contributed by atoms with E-state index in [-0.39, 0.29) is 12.0 Å². The summed E-state index contributed by atoms with van der Waals surface area (Å²) in [4.78, 5) is 13.5. The number of aliphatic hydroxyl groups is 1. The van der Waals surface area contributed by atoms with Gasteiger partial charge in [0.15, 0.2) is 23.3 Å². The smallest absolute Gasteiger partial charge is 0.252 e. The van der Waals surface area contributed by atoms with Gasteiger partial charge in [-0.3, -0.25) is 4.79 Å². The fourth-order valence-electron chi connectivity index (χ4n) is 4.80. The Morgan fingerprint density at radius 3 is 2.00 bits per heavy atom. The normalized spacial score (nSPS) is 12.8. The minimum atomic E-state index is -2.24. The van der Waals surface area contributed by atoms with Gasteiger partial charge >= 0.3 is 0 Å². The first-order chi connectivity index (χ1) is 20.1. The van der Waals surface area contributed by atoms with E-state index in [1.165, 1.54) is 24.3 Å². The number of carbonyl (C=O) groups excluding carboxylic acids is 1. The molecule has 2 N–H and O–H groups in total. The van der Waals surface area contributed by atoms with E-state index in [4.69, 9.17) is 23.2 Å². The van der Waals surface area contributed by atoms with Crippen molar-refractivity contribution >= 4 is 39.9 Å². The summed E-state index contributed by atoms with van der Waals surface area (Å²) in [5, 5.41) is 16.3. The van der Waals surface area contributed by atoms with Crippen molar-refractivity contribution in [1.82, 2.24) is 5.32 Å². The van der Waals surface area contributed by atoms with E-state index in [0.717, 1.165) is 0 Å². The van der Waals surface area contributed by atoms with E-state index in [1.54, 1.807) is 60.7 Å². The Morgan fingerprint density at radius 1 is 0.738 bits per heavy atom. The van der Waals surface area contributed by atoms with Gasteiger partial charge in [0.25, 0.3) is 5.91 Å². The van der Waals surface area contributed by atoms with Gasteiger partial charge in [-0.05, 0) is 52.8 Å². The first-order valence-electron chi connectivity index (χ1n) is 12.6. The quantitative estimate of drug-likeness (QED) is 0.109. The molecule has 0 aliphatic rings. The number of benzene rings is 5. The van der Waals surface area contributed by atoms with Gasteiger partial charge in [0.2, 0.25) is 5.82 Å². The maximum Gasteiger partial charge on any atom is 0.252 e. The summed E-state index contributed by atoms with van der Waals surface area (Å²) in [7, 11) is 0. The number of nitrogens with one attached hydrogen (secondary N) is 1. The van der Waals surface area contributed by atoms with E-state index >= 15 is 0 Å². The molecule has 0 saturated heterocycles. The third-order valence-corrected chi connectivity index (χ3v) is 7.47. The third-order valence-electron chi connectivity index (χ3n) is 6.91. The molecule has 1 amide bonds. The van der Waals surface area contributed by atoms with Crippen LogP contribution < -0.4 is 5.32 Å². The van der Waals surface area contributed by atoms with Gasteiger partial charge in [-0.15, -0.1) is 0 Å². The van der Waals surface area contributed by atoms with Crippen molar-refractivity contribution in [3.63, 3.8) is 0 Å². The van der Waals surface area contributed by atoms with Crippen molar-refractivity contribution in [3.8, 4) is 11.1 Å². The predicted molar refractivity (Wildman–Crippen MR) is 152 cm³/mol. The molecular weight excluding hydrogens is 596 g/mol. The average molecular weight is 616 g/mol. The van der Waals surface area contributed by atoms with Crippen molar-refractivity contribution in [2.24, 2.45) is 0 Å². The van der Waals surface area contributed by atoms with Crippen LogP contribution in [0.5, 0.6) is 0 Å². The number of amides is 1. The first-order valence-corrected chi connectivity index (χ1v) is 13.3. The summed E-state index contributed by atoms with van der Waals surface area (Å²) in [6.07, 6.45) is -1.21. The van der Waals surface area contributed by atoms with Crippen molar-refractivity contribution in [3.05, 3.63) is 141 Å². The molecule has 0 aliphatic carbocycles. The zero-order valence-electron chi connectivity index (χ0n) is 21.4. The molecule has 5 rings (SSSR count). The minimum absolute atomic E-state index is 0.0301. The number of aliphatic hydroxyl groups excluding tert-OH is 1. The Bertz CT molecular complexity index is 1790. The van der Waals surface area contributed by atoms with Gasteiger partial charge in [-0.2, -0.15) is 0 Å². The summed E-state index contributed by atoms with van der Waals surface area (Å²) in [5.41, 5.74) is -0.0618. The van der Waals surface area contributed by atoms with Crippen LogP contribution in [0.25, 0.3) is 21.9 Å². The van der Waals surface area contributed by atoms with Crippen LogP contribution in [0.1, 0.15) is 27.6 Å². The summed E-state index contributed by atoms with van der Waals surface area (Å²) in [5.74, 6) is -10.7. The van der Waals surface area contributed by atoms with E-state index in [2.05, 4.69) is 5.32 Å². The standard InChI is InChI=1S/C32H20Cl2F5NO2/c33-19-5-1-4-18(15-19)31(41)24(40-32(42)22-8-2-7-21-20(22)6-3-9-23(21)34)14-16-10-12-17(13-11-16)25-26(35)28(37)30(39)29(38)27(25)36/h1-13,15,24,31,41H,14H2,(H,40,42). The zero-order chi connectivity index (χ0) is 30.1. The topological polar surface area (TPSA) is 49.3 Å². The minimum Gasteiger partial charge on any atom is -0.386 e. The Kier molecular flexibility index (Phi) is 8.50. The summed E-state index contributed by atoms with van der Waals surface area (Å²) < 4.78 is 69.7. The number of rotatable bonds is 7.